The molecule has 1 aliphatic heterocycles. The standard InChI is InChI=1S/C26H41N9O5/c1-26(24(39)30-11-8-16-13-32-19-6-3-2-5-17(16)19)9-12-40-15-18(27)22(37)34-20(7-4-10-31-25(28)29)23(38)33-14-21(36)35-26/h2-3,5-6,13,18,20,24,30,32,39H,4,7-12,14-15,27H2,1H3,(H,33,38)(H,34,37)(H,35,36)(H4,28,29,31)/t18-,20?,24?,26+/m0/s1. The number of guanidine groups is 1. The first kappa shape index (κ1) is 30.8. The number of aliphatic imine (C=N–C) groups is 1. The Bertz CT molecular complexity index is 1180. The van der Waals surface area contributed by atoms with Crippen LogP contribution in [0.1, 0.15) is 31.7 Å². The largest absolute Gasteiger partial charge is 0.379 e. The highest BCUT2D eigenvalue weighted by molar-refractivity contribution is 5.92. The van der Waals surface area contributed by atoms with Gasteiger partial charge in [0.05, 0.1) is 18.7 Å². The highest BCUT2D eigenvalue weighted by Gasteiger charge is 2.35. The summed E-state index contributed by atoms with van der Waals surface area (Å²) >= 11 is 0. The van der Waals surface area contributed by atoms with Gasteiger partial charge in [0.1, 0.15) is 18.3 Å². The maximum Gasteiger partial charge on any atom is 0.243 e. The van der Waals surface area contributed by atoms with E-state index in [1.54, 1.807) is 6.92 Å². The van der Waals surface area contributed by atoms with Gasteiger partial charge in [0.2, 0.25) is 17.7 Å². The topological polar surface area (TPSA) is 235 Å². The highest BCUT2D eigenvalue weighted by atomic mass is 16.5. The smallest absolute Gasteiger partial charge is 0.243 e. The molecule has 2 aromatic rings. The van der Waals surface area contributed by atoms with E-state index in [-0.39, 0.29) is 45.1 Å². The molecular formula is C26H41N9O5. The van der Waals surface area contributed by atoms with E-state index in [0.717, 1.165) is 16.5 Å². The Morgan fingerprint density at radius 1 is 1.25 bits per heavy atom. The van der Waals surface area contributed by atoms with Gasteiger partial charge in [-0.05, 0) is 44.2 Å². The molecule has 1 aromatic carbocycles. The van der Waals surface area contributed by atoms with E-state index in [1.165, 1.54) is 0 Å². The summed E-state index contributed by atoms with van der Waals surface area (Å²) in [5, 5.41) is 23.2. The zero-order valence-corrected chi connectivity index (χ0v) is 22.7. The van der Waals surface area contributed by atoms with E-state index in [9.17, 15) is 19.5 Å². The first-order valence-electron chi connectivity index (χ1n) is 13.3. The summed E-state index contributed by atoms with van der Waals surface area (Å²) in [7, 11) is 0. The molecule has 1 saturated heterocycles. The lowest BCUT2D eigenvalue weighted by atomic mass is 9.95. The van der Waals surface area contributed by atoms with Crippen molar-refractivity contribution in [1.82, 2.24) is 26.3 Å². The lowest BCUT2D eigenvalue weighted by Gasteiger charge is -2.36. The van der Waals surface area contributed by atoms with Crippen LogP contribution >= 0.6 is 0 Å². The number of hydrogen-bond donors (Lipinski definition) is 9. The van der Waals surface area contributed by atoms with E-state index in [0.29, 0.717) is 19.4 Å². The quantitative estimate of drug-likeness (QED) is 0.0707. The Hall–Kier alpha value is -3.72. The first-order valence-corrected chi connectivity index (χ1v) is 13.3. The van der Waals surface area contributed by atoms with E-state index in [2.05, 4.69) is 31.2 Å². The zero-order chi connectivity index (χ0) is 29.1. The summed E-state index contributed by atoms with van der Waals surface area (Å²) in [5.41, 5.74) is 17.6. The number of fused-ring (bicyclic) bond motifs is 1. The summed E-state index contributed by atoms with van der Waals surface area (Å²) in [6.45, 7) is 2.05. The fraction of sp³-hybridized carbons (Fsp3) is 0.538. The average molecular weight is 560 g/mol. The fourth-order valence-corrected chi connectivity index (χ4v) is 4.45. The molecule has 0 saturated carbocycles. The average Bonchev–Trinajstić information content (AvgIpc) is 3.33. The second-order valence-corrected chi connectivity index (χ2v) is 10.1. The van der Waals surface area contributed by atoms with Crippen molar-refractivity contribution in [1.29, 1.82) is 0 Å². The number of carbonyl (C=O) groups is 3. The van der Waals surface area contributed by atoms with Crippen LogP contribution in [-0.2, 0) is 25.5 Å². The van der Waals surface area contributed by atoms with Gasteiger partial charge in [-0.3, -0.25) is 24.7 Å². The molecule has 0 aliphatic carbocycles. The third kappa shape index (κ3) is 8.91. The number of carbonyl (C=O) groups excluding carboxylic acids is 3. The number of H-pyrrole nitrogens is 1. The molecule has 3 amide bonds. The predicted molar refractivity (Wildman–Crippen MR) is 151 cm³/mol. The molecule has 12 N–H and O–H groups in total. The van der Waals surface area contributed by atoms with Crippen LogP contribution in [0.25, 0.3) is 10.9 Å². The molecule has 220 valence electrons. The Morgan fingerprint density at radius 3 is 2.80 bits per heavy atom. The van der Waals surface area contributed by atoms with Crippen LogP contribution in [0.4, 0.5) is 0 Å². The fourth-order valence-electron chi connectivity index (χ4n) is 4.45. The molecular weight excluding hydrogens is 518 g/mol. The van der Waals surface area contributed by atoms with E-state index in [1.807, 2.05) is 30.5 Å². The summed E-state index contributed by atoms with van der Waals surface area (Å²) in [4.78, 5) is 45.3. The van der Waals surface area contributed by atoms with Crippen LogP contribution < -0.4 is 38.5 Å². The maximum absolute atomic E-state index is 12.8. The molecule has 1 aromatic heterocycles. The molecule has 2 heterocycles. The number of nitrogens with two attached hydrogens (primary N) is 3. The molecule has 1 fully saturated rings. The molecule has 2 unspecified atom stereocenters. The molecule has 0 radical (unpaired) electrons. The van der Waals surface area contributed by atoms with Crippen LogP contribution in [0.15, 0.2) is 35.5 Å². The molecule has 0 spiro atoms. The Labute approximate surface area is 232 Å². The molecule has 14 nitrogen and oxygen atoms in total. The lowest BCUT2D eigenvalue weighted by molar-refractivity contribution is -0.132. The number of para-hydroxylation sites is 1. The van der Waals surface area contributed by atoms with Crippen LogP contribution in [0, 0.1) is 0 Å². The van der Waals surface area contributed by atoms with Gasteiger partial charge >= 0.3 is 0 Å². The van der Waals surface area contributed by atoms with Gasteiger partial charge in [0.25, 0.3) is 0 Å². The van der Waals surface area contributed by atoms with Crippen LogP contribution in [0.2, 0.25) is 0 Å². The number of aromatic nitrogens is 1. The van der Waals surface area contributed by atoms with E-state index < -0.39 is 41.6 Å². The van der Waals surface area contributed by atoms with Gasteiger partial charge in [0, 0.05) is 36.8 Å². The molecule has 40 heavy (non-hydrogen) atoms. The van der Waals surface area contributed by atoms with Crippen LogP contribution in [0.3, 0.4) is 0 Å². The normalized spacial score (nSPS) is 23.9. The molecule has 14 heteroatoms. The zero-order valence-electron chi connectivity index (χ0n) is 22.7. The van der Waals surface area contributed by atoms with Crippen molar-refractivity contribution >= 4 is 34.6 Å². The number of hydrogen-bond acceptors (Lipinski definition) is 8. The number of amides is 3. The number of aliphatic hydroxyl groups is 1. The Morgan fingerprint density at radius 2 is 2.02 bits per heavy atom. The molecule has 4 atom stereocenters. The van der Waals surface area contributed by atoms with Crippen molar-refractivity contribution in [2.75, 3.05) is 32.8 Å². The summed E-state index contributed by atoms with van der Waals surface area (Å²) < 4.78 is 5.61. The van der Waals surface area contributed by atoms with Gasteiger partial charge in [-0.1, -0.05) is 18.2 Å². The van der Waals surface area contributed by atoms with Crippen molar-refractivity contribution in [3.63, 3.8) is 0 Å². The summed E-state index contributed by atoms with van der Waals surface area (Å²) in [6.07, 6.45) is 2.30. The number of nitrogens with one attached hydrogen (secondary N) is 5. The van der Waals surface area contributed by atoms with Gasteiger partial charge < -0.3 is 48.0 Å². The molecule has 0 bridgehead atoms. The number of benzene rings is 1. The monoisotopic (exact) mass is 559 g/mol. The highest BCUT2D eigenvalue weighted by Crippen LogP contribution is 2.19. The minimum Gasteiger partial charge on any atom is -0.379 e. The van der Waals surface area contributed by atoms with Crippen molar-refractivity contribution in [3.05, 3.63) is 36.0 Å². The minimum atomic E-state index is -1.14. The lowest BCUT2D eigenvalue weighted by Crippen LogP contribution is -2.62. The summed E-state index contributed by atoms with van der Waals surface area (Å²) in [6, 6.07) is 5.98. The number of rotatable bonds is 9. The molecule has 1 aliphatic rings. The number of ether oxygens (including phenoxy) is 1. The van der Waals surface area contributed by atoms with Crippen molar-refractivity contribution in [2.45, 2.75) is 56.5 Å². The number of aromatic amines is 1. The Kier molecular flexibility index (Phi) is 11.3. The Balaban J connectivity index is 1.63. The van der Waals surface area contributed by atoms with Gasteiger partial charge in [-0.2, -0.15) is 0 Å². The van der Waals surface area contributed by atoms with Crippen molar-refractivity contribution in [2.24, 2.45) is 22.2 Å². The SMILES string of the molecule is C[C@]1(C(O)NCCc2c[nH]c3ccccc23)CCOC[C@H](N)C(=O)NC(CCCN=C(N)N)C(=O)NCC(=O)N1. The minimum absolute atomic E-state index is 0.0759. The van der Waals surface area contributed by atoms with Gasteiger partial charge in [-0.25, -0.2) is 0 Å². The van der Waals surface area contributed by atoms with E-state index >= 15 is 0 Å². The summed E-state index contributed by atoms with van der Waals surface area (Å²) in [5.74, 6) is -1.71. The molecule has 3 rings (SSSR count). The van der Waals surface area contributed by atoms with Gasteiger partial charge in [-0.15, -0.1) is 0 Å². The van der Waals surface area contributed by atoms with Crippen molar-refractivity contribution < 1.29 is 24.2 Å². The second-order valence-electron chi connectivity index (χ2n) is 10.1. The van der Waals surface area contributed by atoms with Crippen LogP contribution in [0.5, 0.6) is 0 Å². The predicted octanol–water partition coefficient (Wildman–Crippen LogP) is -2.10. The number of aliphatic hydroxyl groups excluding tert-OH is 1. The van der Waals surface area contributed by atoms with Gasteiger partial charge in [0.15, 0.2) is 5.96 Å². The maximum atomic E-state index is 12.8. The first-order chi connectivity index (χ1) is 19.1. The second kappa shape index (κ2) is 14.6. The van der Waals surface area contributed by atoms with E-state index in [4.69, 9.17) is 21.9 Å². The third-order valence-corrected chi connectivity index (χ3v) is 6.84. The van der Waals surface area contributed by atoms with Crippen molar-refractivity contribution in [3.8, 4) is 0 Å². The van der Waals surface area contributed by atoms with Crippen LogP contribution in [-0.4, -0.2) is 90.5 Å². The third-order valence-electron chi connectivity index (χ3n) is 6.84. The number of nitrogens with zero attached hydrogens (tertiary/aromatic N) is 1.